The smallest absolute Gasteiger partial charge is 0.291 e. The summed E-state index contributed by atoms with van der Waals surface area (Å²) >= 11 is 0.754. The van der Waals surface area contributed by atoms with Crippen LogP contribution in [0.15, 0.2) is 23.4 Å². The molecule has 3 aromatic heterocycles. The van der Waals surface area contributed by atoms with Gasteiger partial charge in [-0.3, -0.25) is 4.40 Å². The molecule has 14 heteroatoms. The van der Waals surface area contributed by atoms with Gasteiger partial charge in [0.1, 0.15) is 10.6 Å². The number of ether oxygens (including phenoxy) is 1. The molecular formula is C19H23F2N7O3S2. The summed E-state index contributed by atoms with van der Waals surface area (Å²) in [4.78, 5) is 6.64. The highest BCUT2D eigenvalue weighted by Crippen LogP contribution is 2.33. The molecule has 5 rings (SSSR count). The Hall–Kier alpha value is -2.26. The maximum atomic E-state index is 13.2. The van der Waals surface area contributed by atoms with Gasteiger partial charge < -0.3 is 15.0 Å². The van der Waals surface area contributed by atoms with Gasteiger partial charge in [-0.15, -0.1) is 10.2 Å². The van der Waals surface area contributed by atoms with Crippen molar-refractivity contribution in [2.24, 2.45) is 0 Å². The molecule has 0 spiro atoms. The third-order valence-electron chi connectivity index (χ3n) is 5.58. The lowest BCUT2D eigenvalue weighted by atomic mass is 10.1. The van der Waals surface area contributed by atoms with E-state index in [9.17, 15) is 17.2 Å². The van der Waals surface area contributed by atoms with Gasteiger partial charge in [0.2, 0.25) is 10.0 Å². The van der Waals surface area contributed by atoms with E-state index in [1.54, 1.807) is 10.5 Å². The molecule has 178 valence electrons. The van der Waals surface area contributed by atoms with Crippen LogP contribution >= 0.6 is 11.3 Å². The standard InChI is InChI=1S/C19H23F2N7O3S2/c1-10-5-27(6-11(2)23-10)14-3-13(33(29,30)26-12-8-31-9-12)7-28-15(4-22-17(14)28)18-24-25-19(32-18)16(20)21/h3-4,7,10-12,16,23,26H,5-6,8-9H2,1-2H3/t10-,11-/m0/s1. The number of halogens is 2. The van der Waals surface area contributed by atoms with Crippen LogP contribution in [0.2, 0.25) is 0 Å². The average molecular weight is 500 g/mol. The number of pyridine rings is 1. The summed E-state index contributed by atoms with van der Waals surface area (Å²) in [6, 6.07) is 1.70. The van der Waals surface area contributed by atoms with Crippen molar-refractivity contribution in [2.75, 3.05) is 31.2 Å². The lowest BCUT2D eigenvalue weighted by Crippen LogP contribution is -2.54. The fourth-order valence-electron chi connectivity index (χ4n) is 4.12. The molecule has 0 aromatic carbocycles. The minimum Gasteiger partial charge on any atom is -0.378 e. The second-order valence-corrected chi connectivity index (χ2v) is 11.1. The van der Waals surface area contributed by atoms with E-state index in [1.165, 1.54) is 12.4 Å². The minimum absolute atomic E-state index is 0.0496. The highest BCUT2D eigenvalue weighted by Gasteiger charge is 2.30. The largest absolute Gasteiger partial charge is 0.378 e. The number of hydrogen-bond donors (Lipinski definition) is 2. The zero-order chi connectivity index (χ0) is 23.3. The quantitative estimate of drug-likeness (QED) is 0.527. The van der Waals surface area contributed by atoms with Crippen molar-refractivity contribution < 1.29 is 21.9 Å². The predicted molar refractivity (Wildman–Crippen MR) is 118 cm³/mol. The Labute approximate surface area is 193 Å². The van der Waals surface area contributed by atoms with E-state index in [0.29, 0.717) is 43.3 Å². The molecule has 33 heavy (non-hydrogen) atoms. The zero-order valence-electron chi connectivity index (χ0n) is 17.9. The van der Waals surface area contributed by atoms with Crippen molar-refractivity contribution >= 4 is 32.7 Å². The summed E-state index contributed by atoms with van der Waals surface area (Å²) in [7, 11) is -3.86. The SMILES string of the molecule is C[C@H]1CN(c2cc(S(=O)(=O)NC3COC3)cn3c(-c4nnc(C(F)F)s4)cnc23)C[C@H](C)N1. The monoisotopic (exact) mass is 499 g/mol. The first-order valence-electron chi connectivity index (χ1n) is 10.5. The highest BCUT2D eigenvalue weighted by molar-refractivity contribution is 7.89. The van der Waals surface area contributed by atoms with Crippen LogP contribution in [0, 0.1) is 0 Å². The van der Waals surface area contributed by atoms with E-state index in [-0.39, 0.29) is 28.0 Å². The van der Waals surface area contributed by atoms with Gasteiger partial charge in [0.15, 0.2) is 15.7 Å². The molecule has 3 aromatic rings. The number of nitrogens with one attached hydrogen (secondary N) is 2. The van der Waals surface area contributed by atoms with Crippen LogP contribution in [-0.4, -0.2) is 72.4 Å². The Bertz CT molecular complexity index is 1270. The van der Waals surface area contributed by atoms with Crippen LogP contribution in [0.5, 0.6) is 0 Å². The van der Waals surface area contributed by atoms with E-state index in [1.807, 2.05) is 0 Å². The van der Waals surface area contributed by atoms with Gasteiger partial charge in [-0.2, -0.15) is 0 Å². The molecule has 0 amide bonds. The number of imidazole rings is 1. The lowest BCUT2D eigenvalue weighted by molar-refractivity contribution is 0.00482. The average Bonchev–Trinajstić information content (AvgIpc) is 3.36. The summed E-state index contributed by atoms with van der Waals surface area (Å²) < 4.78 is 61.8. The number of hydrogen-bond acceptors (Lipinski definition) is 9. The van der Waals surface area contributed by atoms with E-state index >= 15 is 0 Å². The maximum Gasteiger partial charge on any atom is 0.291 e. The van der Waals surface area contributed by atoms with Crippen LogP contribution in [0.25, 0.3) is 16.3 Å². The number of sulfonamides is 1. The van der Waals surface area contributed by atoms with Gasteiger partial charge in [-0.25, -0.2) is 26.9 Å². The molecule has 5 heterocycles. The Morgan fingerprint density at radius 2 is 1.97 bits per heavy atom. The van der Waals surface area contributed by atoms with Gasteiger partial charge in [0.05, 0.1) is 31.1 Å². The fourth-order valence-corrected chi connectivity index (χ4v) is 6.05. The first kappa shape index (κ1) is 22.5. The molecule has 10 nitrogen and oxygen atoms in total. The third kappa shape index (κ3) is 4.33. The topological polar surface area (TPSA) is 114 Å². The first-order chi connectivity index (χ1) is 15.7. The van der Waals surface area contributed by atoms with Crippen LogP contribution in [0.1, 0.15) is 25.3 Å². The third-order valence-corrected chi connectivity index (χ3v) is 8.02. The molecule has 2 atom stereocenters. The molecule has 2 fully saturated rings. The number of fused-ring (bicyclic) bond motifs is 1. The molecule has 0 saturated carbocycles. The zero-order valence-corrected chi connectivity index (χ0v) is 19.5. The van der Waals surface area contributed by atoms with Gasteiger partial charge in [0.25, 0.3) is 6.43 Å². The van der Waals surface area contributed by atoms with Crippen LogP contribution in [0.4, 0.5) is 14.5 Å². The molecule has 2 N–H and O–H groups in total. The van der Waals surface area contributed by atoms with Gasteiger partial charge in [-0.1, -0.05) is 11.3 Å². The second kappa shape index (κ2) is 8.51. The molecule has 2 aliphatic heterocycles. The Morgan fingerprint density at radius 3 is 2.58 bits per heavy atom. The fraction of sp³-hybridized carbons (Fsp3) is 0.526. The van der Waals surface area contributed by atoms with E-state index in [4.69, 9.17) is 4.74 Å². The minimum atomic E-state index is -3.86. The summed E-state index contributed by atoms with van der Waals surface area (Å²) in [5.41, 5.74) is 1.56. The summed E-state index contributed by atoms with van der Waals surface area (Å²) in [6.07, 6.45) is 0.217. The predicted octanol–water partition coefficient (Wildman–Crippen LogP) is 1.65. The van der Waals surface area contributed by atoms with E-state index in [0.717, 1.165) is 11.3 Å². The lowest BCUT2D eigenvalue weighted by Gasteiger charge is -2.37. The van der Waals surface area contributed by atoms with E-state index in [2.05, 4.69) is 44.0 Å². The normalized spacial score (nSPS) is 22.3. The molecule has 2 aliphatic rings. The van der Waals surface area contributed by atoms with Crippen molar-refractivity contribution in [2.45, 2.75) is 43.3 Å². The first-order valence-corrected chi connectivity index (χ1v) is 12.8. The number of aromatic nitrogens is 4. The molecular weight excluding hydrogens is 476 g/mol. The van der Waals surface area contributed by atoms with Crippen LogP contribution in [-0.2, 0) is 14.8 Å². The molecule has 2 saturated heterocycles. The summed E-state index contributed by atoms with van der Waals surface area (Å²) in [6.45, 7) is 6.07. The second-order valence-electron chi connectivity index (χ2n) is 8.37. The van der Waals surface area contributed by atoms with Crippen LogP contribution in [0.3, 0.4) is 0 Å². The number of anilines is 1. The van der Waals surface area contributed by atoms with Crippen molar-refractivity contribution in [3.63, 3.8) is 0 Å². The van der Waals surface area contributed by atoms with Crippen LogP contribution < -0.4 is 14.9 Å². The highest BCUT2D eigenvalue weighted by atomic mass is 32.2. The summed E-state index contributed by atoms with van der Waals surface area (Å²) in [5, 5.41) is 10.7. The Morgan fingerprint density at radius 1 is 1.24 bits per heavy atom. The van der Waals surface area contributed by atoms with Gasteiger partial charge >= 0.3 is 0 Å². The molecule has 0 bridgehead atoms. The van der Waals surface area contributed by atoms with Gasteiger partial charge in [0, 0.05) is 31.4 Å². The Kier molecular flexibility index (Phi) is 5.81. The molecule has 0 aliphatic carbocycles. The summed E-state index contributed by atoms with van der Waals surface area (Å²) in [5.74, 6) is 0. The van der Waals surface area contributed by atoms with Crippen molar-refractivity contribution in [1.29, 1.82) is 0 Å². The number of piperazine rings is 1. The van der Waals surface area contributed by atoms with Gasteiger partial charge in [-0.05, 0) is 19.9 Å². The van der Waals surface area contributed by atoms with Crippen molar-refractivity contribution in [3.05, 3.63) is 23.5 Å². The number of rotatable bonds is 6. The maximum absolute atomic E-state index is 13.2. The number of alkyl halides is 2. The van der Waals surface area contributed by atoms with Crippen molar-refractivity contribution in [3.8, 4) is 10.7 Å². The molecule has 0 radical (unpaired) electrons. The van der Waals surface area contributed by atoms with E-state index < -0.39 is 21.5 Å². The Balaban J connectivity index is 1.65. The molecule has 0 unspecified atom stereocenters. The van der Waals surface area contributed by atoms with Crippen molar-refractivity contribution in [1.82, 2.24) is 29.6 Å². The number of nitrogens with zero attached hydrogens (tertiary/aromatic N) is 5.